The molecule has 1 unspecified atom stereocenters. The summed E-state index contributed by atoms with van der Waals surface area (Å²) in [5, 5.41) is 0. The van der Waals surface area contributed by atoms with Crippen LogP contribution in [0.15, 0.2) is 60.8 Å². The first-order valence-electron chi connectivity index (χ1n) is 24.3. The summed E-state index contributed by atoms with van der Waals surface area (Å²) in [5.74, 6) is -0.945. The van der Waals surface area contributed by atoms with Gasteiger partial charge in [0.25, 0.3) is 0 Å². The number of ether oxygens (including phenoxy) is 3. The molecule has 0 fully saturated rings. The van der Waals surface area contributed by atoms with Gasteiger partial charge in [-0.15, -0.1) is 0 Å². The Morgan fingerprint density at radius 1 is 0.379 bits per heavy atom. The predicted octanol–water partition coefficient (Wildman–Crippen LogP) is 15.7. The van der Waals surface area contributed by atoms with Gasteiger partial charge >= 0.3 is 17.9 Å². The molecule has 1 atom stereocenters. The standard InChI is InChI=1S/C52H90O6/c1-4-7-10-13-16-19-22-25-26-27-28-31-33-36-39-42-45-51(54)57-48-49(58-52(55)46-43-40-37-34-30-24-21-18-15-12-9-6-3)47-56-50(53)44-41-38-35-32-29-23-20-17-14-11-8-5-2/h9,12,17-18,20-21,26-28,31,49H,4-8,10-11,13-16,19,22-25,29-30,32-48H2,1-3H3/b12-9-,20-17-,21-18-,27-26-,31-28-. The number of carbonyl (C=O) groups is 3. The summed E-state index contributed by atoms with van der Waals surface area (Å²) >= 11 is 0. The van der Waals surface area contributed by atoms with Gasteiger partial charge in [-0.25, -0.2) is 0 Å². The van der Waals surface area contributed by atoms with E-state index in [-0.39, 0.29) is 31.1 Å². The van der Waals surface area contributed by atoms with Crippen molar-refractivity contribution in [2.45, 2.75) is 239 Å². The third-order valence-electron chi connectivity index (χ3n) is 10.3. The van der Waals surface area contributed by atoms with Crippen molar-refractivity contribution in [3.63, 3.8) is 0 Å². The molecule has 0 radical (unpaired) electrons. The summed E-state index contributed by atoms with van der Waals surface area (Å²) in [6.07, 6.45) is 56.3. The van der Waals surface area contributed by atoms with Crippen LogP contribution in [0.2, 0.25) is 0 Å². The third-order valence-corrected chi connectivity index (χ3v) is 10.3. The second-order valence-corrected chi connectivity index (χ2v) is 16.0. The van der Waals surface area contributed by atoms with Gasteiger partial charge in [0.05, 0.1) is 0 Å². The number of hydrogen-bond acceptors (Lipinski definition) is 6. The molecule has 6 heteroatoms. The van der Waals surface area contributed by atoms with Crippen molar-refractivity contribution in [1.29, 1.82) is 0 Å². The van der Waals surface area contributed by atoms with E-state index in [1.54, 1.807) is 0 Å². The Labute approximate surface area is 358 Å². The van der Waals surface area contributed by atoms with Gasteiger partial charge in [-0.3, -0.25) is 14.4 Å². The van der Waals surface area contributed by atoms with E-state index in [0.717, 1.165) is 109 Å². The van der Waals surface area contributed by atoms with Gasteiger partial charge in [0, 0.05) is 19.3 Å². The van der Waals surface area contributed by atoms with Crippen LogP contribution >= 0.6 is 0 Å². The van der Waals surface area contributed by atoms with Crippen LogP contribution in [0.5, 0.6) is 0 Å². The molecular weight excluding hydrogens is 721 g/mol. The zero-order valence-corrected chi connectivity index (χ0v) is 38.0. The van der Waals surface area contributed by atoms with Gasteiger partial charge in [0.1, 0.15) is 13.2 Å². The minimum absolute atomic E-state index is 0.0932. The molecule has 6 nitrogen and oxygen atoms in total. The van der Waals surface area contributed by atoms with Crippen molar-refractivity contribution in [2.24, 2.45) is 0 Å². The highest BCUT2D eigenvalue weighted by molar-refractivity contribution is 5.71. The fourth-order valence-corrected chi connectivity index (χ4v) is 6.58. The Balaban J connectivity index is 4.44. The van der Waals surface area contributed by atoms with Gasteiger partial charge < -0.3 is 14.2 Å². The van der Waals surface area contributed by atoms with Crippen LogP contribution in [0.3, 0.4) is 0 Å². The van der Waals surface area contributed by atoms with Crippen LogP contribution in [0.25, 0.3) is 0 Å². The maximum atomic E-state index is 12.7. The van der Waals surface area contributed by atoms with Gasteiger partial charge in [0.15, 0.2) is 6.10 Å². The highest BCUT2D eigenvalue weighted by atomic mass is 16.6. The minimum atomic E-state index is -0.793. The van der Waals surface area contributed by atoms with Crippen molar-refractivity contribution in [1.82, 2.24) is 0 Å². The van der Waals surface area contributed by atoms with E-state index < -0.39 is 6.10 Å². The fraction of sp³-hybridized carbons (Fsp3) is 0.750. The molecule has 0 aromatic rings. The Morgan fingerprint density at radius 2 is 0.724 bits per heavy atom. The monoisotopic (exact) mass is 811 g/mol. The largest absolute Gasteiger partial charge is 0.462 e. The first-order chi connectivity index (χ1) is 28.5. The number of hydrogen-bond donors (Lipinski definition) is 0. The summed E-state index contributed by atoms with van der Waals surface area (Å²) in [6.45, 7) is 6.45. The second-order valence-electron chi connectivity index (χ2n) is 16.0. The fourth-order valence-electron chi connectivity index (χ4n) is 6.58. The lowest BCUT2D eigenvalue weighted by Crippen LogP contribution is -2.30. The molecule has 334 valence electrons. The summed E-state index contributed by atoms with van der Waals surface area (Å²) in [6, 6.07) is 0. The third kappa shape index (κ3) is 44.2. The normalized spacial score (nSPS) is 12.5. The quantitative estimate of drug-likeness (QED) is 0.0201. The Bertz CT molecular complexity index is 1070. The molecule has 0 saturated heterocycles. The minimum Gasteiger partial charge on any atom is -0.462 e. The van der Waals surface area contributed by atoms with Crippen molar-refractivity contribution in [2.75, 3.05) is 13.2 Å². The van der Waals surface area contributed by atoms with Crippen LogP contribution in [0.4, 0.5) is 0 Å². The number of esters is 3. The SMILES string of the molecule is CC/C=C\C/C=C\CCCCCCCC(=O)OC(COC(=O)CCCCC/C=C\C=C/CCCCCCCCC)COC(=O)CCCCCCC/C=C\CCCCC. The van der Waals surface area contributed by atoms with Crippen molar-refractivity contribution < 1.29 is 28.6 Å². The number of unbranched alkanes of at least 4 members (excludes halogenated alkanes) is 23. The average molecular weight is 811 g/mol. The second kappa shape index (κ2) is 46.8. The van der Waals surface area contributed by atoms with Crippen molar-refractivity contribution in [3.8, 4) is 0 Å². The van der Waals surface area contributed by atoms with Crippen molar-refractivity contribution >= 4 is 17.9 Å². The van der Waals surface area contributed by atoms with E-state index >= 15 is 0 Å². The highest BCUT2D eigenvalue weighted by Gasteiger charge is 2.19. The lowest BCUT2D eigenvalue weighted by atomic mass is 10.1. The smallest absolute Gasteiger partial charge is 0.306 e. The molecule has 0 bridgehead atoms. The molecule has 0 saturated carbocycles. The van der Waals surface area contributed by atoms with Gasteiger partial charge in [-0.2, -0.15) is 0 Å². The predicted molar refractivity (Wildman–Crippen MR) is 247 cm³/mol. The molecule has 0 rings (SSSR count). The zero-order valence-electron chi connectivity index (χ0n) is 38.0. The molecule has 0 aromatic carbocycles. The maximum Gasteiger partial charge on any atom is 0.306 e. The molecule has 0 aliphatic rings. The number of carbonyl (C=O) groups excluding carboxylic acids is 3. The first kappa shape index (κ1) is 55.1. The van der Waals surface area contributed by atoms with E-state index in [1.165, 1.54) is 83.5 Å². The highest BCUT2D eigenvalue weighted by Crippen LogP contribution is 2.13. The molecule has 0 amide bonds. The number of allylic oxidation sites excluding steroid dienone is 10. The topological polar surface area (TPSA) is 78.9 Å². The lowest BCUT2D eigenvalue weighted by molar-refractivity contribution is -0.167. The van der Waals surface area contributed by atoms with Gasteiger partial charge in [0.2, 0.25) is 0 Å². The maximum absolute atomic E-state index is 12.7. The molecule has 58 heavy (non-hydrogen) atoms. The van der Waals surface area contributed by atoms with E-state index in [4.69, 9.17) is 14.2 Å². The summed E-state index contributed by atoms with van der Waals surface area (Å²) in [7, 11) is 0. The Hall–Kier alpha value is -2.89. The molecule has 0 aliphatic heterocycles. The van der Waals surface area contributed by atoms with E-state index in [2.05, 4.69) is 81.5 Å². The van der Waals surface area contributed by atoms with Crippen LogP contribution < -0.4 is 0 Å². The molecule has 0 spiro atoms. The van der Waals surface area contributed by atoms with Crippen LogP contribution in [-0.2, 0) is 28.6 Å². The molecule has 0 heterocycles. The summed E-state index contributed by atoms with van der Waals surface area (Å²) in [4.78, 5) is 37.8. The first-order valence-corrected chi connectivity index (χ1v) is 24.3. The van der Waals surface area contributed by atoms with Gasteiger partial charge in [-0.05, 0) is 96.3 Å². The molecule has 0 aliphatic carbocycles. The lowest BCUT2D eigenvalue weighted by Gasteiger charge is -2.18. The van der Waals surface area contributed by atoms with E-state index in [0.29, 0.717) is 19.3 Å². The van der Waals surface area contributed by atoms with Crippen LogP contribution in [-0.4, -0.2) is 37.2 Å². The van der Waals surface area contributed by atoms with Gasteiger partial charge in [-0.1, -0.05) is 178 Å². The molecule has 0 aromatic heterocycles. The summed E-state index contributed by atoms with van der Waals surface area (Å²) in [5.41, 5.74) is 0. The van der Waals surface area contributed by atoms with Crippen molar-refractivity contribution in [3.05, 3.63) is 60.8 Å². The molecule has 0 N–H and O–H groups in total. The Morgan fingerprint density at radius 3 is 1.21 bits per heavy atom. The van der Waals surface area contributed by atoms with E-state index in [1.807, 2.05) is 0 Å². The average Bonchev–Trinajstić information content (AvgIpc) is 3.22. The van der Waals surface area contributed by atoms with E-state index in [9.17, 15) is 14.4 Å². The summed E-state index contributed by atoms with van der Waals surface area (Å²) < 4.78 is 16.7. The Kier molecular flexibility index (Phi) is 44.5. The van der Waals surface area contributed by atoms with Crippen LogP contribution in [0.1, 0.15) is 233 Å². The van der Waals surface area contributed by atoms with Crippen LogP contribution in [0, 0.1) is 0 Å². The molecular formula is C52H90O6. The number of rotatable bonds is 43. The zero-order chi connectivity index (χ0) is 42.3.